The van der Waals surface area contributed by atoms with Crippen LogP contribution in [0.3, 0.4) is 0 Å². The quantitative estimate of drug-likeness (QED) is 0.546. The molecule has 1 rings (SSSR count). The molecule has 1 aromatic rings. The van der Waals surface area contributed by atoms with E-state index < -0.39 is 0 Å². The first-order valence-electron chi connectivity index (χ1n) is 4.42. The van der Waals surface area contributed by atoms with Gasteiger partial charge < -0.3 is 10.5 Å². The van der Waals surface area contributed by atoms with E-state index in [0.717, 1.165) is 26.0 Å². The molecular formula is C8H14N4OS. The Bertz CT molecular complexity index is 299. The number of unbranched alkanes of at least 4 members (excludes halogenated alkanes) is 1. The van der Waals surface area contributed by atoms with Crippen molar-refractivity contribution in [1.29, 1.82) is 0 Å². The van der Waals surface area contributed by atoms with E-state index >= 15 is 0 Å². The van der Waals surface area contributed by atoms with Gasteiger partial charge in [-0.05, 0) is 12.8 Å². The van der Waals surface area contributed by atoms with Gasteiger partial charge in [0.25, 0.3) is 0 Å². The van der Waals surface area contributed by atoms with Crippen LogP contribution < -0.4 is 5.73 Å². The van der Waals surface area contributed by atoms with Crippen LogP contribution in [-0.4, -0.2) is 33.5 Å². The van der Waals surface area contributed by atoms with Gasteiger partial charge in [-0.25, -0.2) is 4.98 Å². The predicted molar refractivity (Wildman–Crippen MR) is 57.0 cm³/mol. The zero-order valence-corrected chi connectivity index (χ0v) is 8.96. The zero-order chi connectivity index (χ0) is 10.4. The van der Waals surface area contributed by atoms with Gasteiger partial charge in [-0.2, -0.15) is 0 Å². The first kappa shape index (κ1) is 11.1. The molecule has 2 N–H and O–H groups in total. The summed E-state index contributed by atoms with van der Waals surface area (Å²) in [5.41, 5.74) is 5.38. The molecule has 0 fully saturated rings. The standard InChI is InChI=1S/C8H14N4OS/c1-13-5-3-2-4-12-6-10-8(11-12)7(9)14/h6H,2-5H2,1H3,(H2,9,14). The summed E-state index contributed by atoms with van der Waals surface area (Å²) in [5.74, 6) is 0.437. The molecule has 0 unspecified atom stereocenters. The fraction of sp³-hybridized carbons (Fsp3) is 0.625. The fourth-order valence-electron chi connectivity index (χ4n) is 1.04. The van der Waals surface area contributed by atoms with Crippen LogP contribution in [0.1, 0.15) is 18.7 Å². The lowest BCUT2D eigenvalue weighted by molar-refractivity contribution is 0.191. The predicted octanol–water partition coefficient (Wildman–Crippen LogP) is 0.339. The number of ether oxygens (including phenoxy) is 1. The third-order valence-electron chi connectivity index (χ3n) is 1.74. The summed E-state index contributed by atoms with van der Waals surface area (Å²) in [5, 5.41) is 4.11. The molecule has 14 heavy (non-hydrogen) atoms. The highest BCUT2D eigenvalue weighted by Crippen LogP contribution is 1.95. The van der Waals surface area contributed by atoms with Gasteiger partial charge in [-0.1, -0.05) is 12.2 Å². The number of aromatic nitrogens is 3. The molecule has 0 atom stereocenters. The van der Waals surface area contributed by atoms with E-state index in [1.54, 1.807) is 18.1 Å². The second-order valence-corrected chi connectivity index (χ2v) is 3.34. The van der Waals surface area contributed by atoms with Crippen LogP contribution in [0, 0.1) is 0 Å². The van der Waals surface area contributed by atoms with Crippen molar-refractivity contribution in [3.63, 3.8) is 0 Å². The number of aryl methyl sites for hydroxylation is 1. The second-order valence-electron chi connectivity index (χ2n) is 2.90. The van der Waals surface area contributed by atoms with E-state index in [1.165, 1.54) is 0 Å². The minimum Gasteiger partial charge on any atom is -0.387 e. The second kappa shape index (κ2) is 5.66. The molecule has 6 heteroatoms. The summed E-state index contributed by atoms with van der Waals surface area (Å²) in [4.78, 5) is 4.21. The SMILES string of the molecule is COCCCCn1cnc(C(N)=S)n1. The van der Waals surface area contributed by atoms with Gasteiger partial charge in [-0.15, -0.1) is 5.10 Å². The van der Waals surface area contributed by atoms with E-state index in [1.807, 2.05) is 0 Å². The van der Waals surface area contributed by atoms with Crippen molar-refractivity contribution in [3.8, 4) is 0 Å². The molecule has 0 aliphatic carbocycles. The average Bonchev–Trinajstić information content (AvgIpc) is 2.61. The highest BCUT2D eigenvalue weighted by Gasteiger charge is 2.02. The van der Waals surface area contributed by atoms with Crippen molar-refractivity contribution in [3.05, 3.63) is 12.2 Å². The van der Waals surface area contributed by atoms with Crippen LogP contribution >= 0.6 is 12.2 Å². The summed E-state index contributed by atoms with van der Waals surface area (Å²) in [6, 6.07) is 0. The van der Waals surface area contributed by atoms with E-state index in [9.17, 15) is 0 Å². The van der Waals surface area contributed by atoms with Crippen LogP contribution in [0.5, 0.6) is 0 Å². The minimum atomic E-state index is 0.237. The third-order valence-corrected chi connectivity index (χ3v) is 1.93. The maximum absolute atomic E-state index is 5.38. The monoisotopic (exact) mass is 214 g/mol. The molecule has 0 spiro atoms. The normalized spacial score (nSPS) is 10.4. The fourth-order valence-corrected chi connectivity index (χ4v) is 1.13. The van der Waals surface area contributed by atoms with E-state index in [4.69, 9.17) is 22.7 Å². The van der Waals surface area contributed by atoms with Gasteiger partial charge >= 0.3 is 0 Å². The lowest BCUT2D eigenvalue weighted by Crippen LogP contribution is -2.12. The first-order chi connectivity index (χ1) is 6.74. The topological polar surface area (TPSA) is 66.0 Å². The molecule has 1 aromatic heterocycles. The van der Waals surface area contributed by atoms with Crippen molar-refractivity contribution >= 4 is 17.2 Å². The number of hydrogen-bond acceptors (Lipinski definition) is 4. The molecule has 0 amide bonds. The summed E-state index contributed by atoms with van der Waals surface area (Å²) in [7, 11) is 1.69. The average molecular weight is 214 g/mol. The van der Waals surface area contributed by atoms with Crippen molar-refractivity contribution < 1.29 is 4.74 Å². The summed E-state index contributed by atoms with van der Waals surface area (Å²) < 4.78 is 6.68. The van der Waals surface area contributed by atoms with Crippen LogP contribution in [0.25, 0.3) is 0 Å². The molecule has 0 radical (unpaired) electrons. The van der Waals surface area contributed by atoms with Crippen LogP contribution in [0.2, 0.25) is 0 Å². The van der Waals surface area contributed by atoms with E-state index in [2.05, 4.69) is 10.1 Å². The number of nitrogens with two attached hydrogens (primary N) is 1. The Morgan fingerprint density at radius 1 is 1.64 bits per heavy atom. The van der Waals surface area contributed by atoms with E-state index in [-0.39, 0.29) is 4.99 Å². The number of hydrogen-bond donors (Lipinski definition) is 1. The Balaban J connectivity index is 2.33. The molecule has 1 heterocycles. The lowest BCUT2D eigenvalue weighted by Gasteiger charge is -1.99. The van der Waals surface area contributed by atoms with Gasteiger partial charge in [0.2, 0.25) is 5.82 Å². The number of rotatable bonds is 6. The summed E-state index contributed by atoms with van der Waals surface area (Å²) in [6.07, 6.45) is 3.66. The van der Waals surface area contributed by atoms with Gasteiger partial charge in [0.15, 0.2) is 0 Å². The Morgan fingerprint density at radius 2 is 2.43 bits per heavy atom. The zero-order valence-electron chi connectivity index (χ0n) is 8.14. The summed E-state index contributed by atoms with van der Waals surface area (Å²) >= 11 is 4.75. The molecule has 0 saturated carbocycles. The first-order valence-corrected chi connectivity index (χ1v) is 4.83. The van der Waals surface area contributed by atoms with Crippen molar-refractivity contribution in [2.24, 2.45) is 5.73 Å². The largest absolute Gasteiger partial charge is 0.387 e. The Kier molecular flexibility index (Phi) is 4.48. The summed E-state index contributed by atoms with van der Waals surface area (Å²) in [6.45, 7) is 1.59. The Hall–Kier alpha value is -1.01. The van der Waals surface area contributed by atoms with Gasteiger partial charge in [0.1, 0.15) is 11.3 Å². The molecule has 0 aliphatic heterocycles. The Labute approximate surface area is 88.3 Å². The van der Waals surface area contributed by atoms with Gasteiger partial charge in [-0.3, -0.25) is 4.68 Å². The van der Waals surface area contributed by atoms with Crippen molar-refractivity contribution in [2.75, 3.05) is 13.7 Å². The molecule has 5 nitrogen and oxygen atoms in total. The van der Waals surface area contributed by atoms with Crippen LogP contribution in [0.4, 0.5) is 0 Å². The molecule has 0 bridgehead atoms. The highest BCUT2D eigenvalue weighted by atomic mass is 32.1. The van der Waals surface area contributed by atoms with Crippen molar-refractivity contribution in [1.82, 2.24) is 14.8 Å². The van der Waals surface area contributed by atoms with Gasteiger partial charge in [0, 0.05) is 20.3 Å². The molecule has 0 aliphatic rings. The van der Waals surface area contributed by atoms with Crippen LogP contribution in [-0.2, 0) is 11.3 Å². The maximum Gasteiger partial charge on any atom is 0.208 e. The number of thiocarbonyl (C=S) groups is 1. The third kappa shape index (κ3) is 3.39. The molecule has 0 saturated heterocycles. The molecule has 0 aromatic carbocycles. The molecule has 78 valence electrons. The number of nitrogens with zero attached hydrogens (tertiary/aromatic N) is 3. The van der Waals surface area contributed by atoms with E-state index in [0.29, 0.717) is 5.82 Å². The van der Waals surface area contributed by atoms with Crippen LogP contribution in [0.15, 0.2) is 6.33 Å². The lowest BCUT2D eigenvalue weighted by atomic mass is 10.3. The van der Waals surface area contributed by atoms with Gasteiger partial charge in [0.05, 0.1) is 0 Å². The highest BCUT2D eigenvalue weighted by molar-refractivity contribution is 7.80. The smallest absolute Gasteiger partial charge is 0.208 e. The number of methoxy groups -OCH3 is 1. The van der Waals surface area contributed by atoms with Crippen molar-refractivity contribution in [2.45, 2.75) is 19.4 Å². The minimum absolute atomic E-state index is 0.237. The Morgan fingerprint density at radius 3 is 3.00 bits per heavy atom. The molecular weight excluding hydrogens is 200 g/mol. The maximum atomic E-state index is 5.38.